The van der Waals surface area contributed by atoms with Crippen LogP contribution in [-0.4, -0.2) is 52.7 Å². The van der Waals surface area contributed by atoms with Crippen molar-refractivity contribution in [3.63, 3.8) is 0 Å². The van der Waals surface area contributed by atoms with E-state index in [2.05, 4.69) is 5.32 Å². The number of nitrogens with one attached hydrogen (secondary N) is 1. The Labute approximate surface area is 201 Å². The van der Waals surface area contributed by atoms with E-state index in [-0.39, 0.29) is 35.5 Å². The smallest absolute Gasteiger partial charge is 0.337 e. The van der Waals surface area contributed by atoms with E-state index in [4.69, 9.17) is 9.72 Å². The molecule has 186 valence electrons. The van der Waals surface area contributed by atoms with Crippen molar-refractivity contribution in [2.45, 2.75) is 45.3 Å². The molecule has 35 heavy (non-hydrogen) atoms. The fourth-order valence-electron chi connectivity index (χ4n) is 4.61. The number of piperidine rings is 1. The van der Waals surface area contributed by atoms with Crippen molar-refractivity contribution in [2.24, 2.45) is 0 Å². The van der Waals surface area contributed by atoms with Gasteiger partial charge in [-0.15, -0.1) is 0 Å². The van der Waals surface area contributed by atoms with Crippen LogP contribution in [0.5, 0.6) is 0 Å². The van der Waals surface area contributed by atoms with Crippen LogP contribution in [0.2, 0.25) is 0 Å². The van der Waals surface area contributed by atoms with Crippen LogP contribution in [0.4, 0.5) is 20.3 Å². The minimum Gasteiger partial charge on any atom is -0.478 e. The number of aromatic carboxylic acids is 1. The van der Waals surface area contributed by atoms with Gasteiger partial charge in [0.25, 0.3) is 11.5 Å². The molecule has 0 radical (unpaired) electrons. The number of ether oxygens (including phenoxy) is 1. The molecular formula is C25H28F2N4O4. The summed E-state index contributed by atoms with van der Waals surface area (Å²) in [6.45, 7) is 4.93. The van der Waals surface area contributed by atoms with Crippen LogP contribution in [-0.2, 0) is 4.74 Å². The molecule has 3 heterocycles. The van der Waals surface area contributed by atoms with E-state index in [9.17, 15) is 23.5 Å². The molecule has 8 nitrogen and oxygen atoms in total. The second-order valence-electron chi connectivity index (χ2n) is 8.94. The first-order valence-corrected chi connectivity index (χ1v) is 11.3. The average Bonchev–Trinajstić information content (AvgIpc) is 2.80. The highest BCUT2D eigenvalue weighted by molar-refractivity contribution is 5.94. The first-order chi connectivity index (χ1) is 16.5. The maximum atomic E-state index is 14.6. The maximum Gasteiger partial charge on any atom is 0.337 e. The van der Waals surface area contributed by atoms with Gasteiger partial charge in [-0.1, -0.05) is 12.1 Å². The number of para-hydroxylation sites is 1. The zero-order chi connectivity index (χ0) is 25.5. The lowest BCUT2D eigenvalue weighted by molar-refractivity contribution is -0.129. The van der Waals surface area contributed by atoms with Crippen molar-refractivity contribution in [2.75, 3.05) is 30.4 Å². The monoisotopic (exact) mass is 486 g/mol. The number of rotatable bonds is 6. The van der Waals surface area contributed by atoms with Gasteiger partial charge in [-0.25, -0.2) is 18.6 Å². The van der Waals surface area contributed by atoms with Crippen LogP contribution in [0.3, 0.4) is 0 Å². The molecule has 10 heteroatoms. The number of hydrogen-bond acceptors (Lipinski definition) is 6. The van der Waals surface area contributed by atoms with Gasteiger partial charge in [0.2, 0.25) is 0 Å². The zero-order valence-corrected chi connectivity index (χ0v) is 20.0. The molecule has 2 N–H and O–H groups in total. The van der Waals surface area contributed by atoms with Gasteiger partial charge in [0.05, 0.1) is 23.7 Å². The lowest BCUT2D eigenvalue weighted by atomic mass is 10.0. The first-order valence-electron chi connectivity index (χ1n) is 11.3. The molecular weight excluding hydrogens is 458 g/mol. The Morgan fingerprint density at radius 2 is 2.03 bits per heavy atom. The molecule has 1 saturated heterocycles. The number of carboxylic acid groups (broad SMARTS) is 1. The van der Waals surface area contributed by atoms with E-state index < -0.39 is 30.6 Å². The molecule has 2 atom stereocenters. The van der Waals surface area contributed by atoms with E-state index >= 15 is 0 Å². The number of pyridine rings is 1. The number of aryl methyl sites for hydroxylation is 1. The van der Waals surface area contributed by atoms with Gasteiger partial charge in [0, 0.05) is 31.1 Å². The Balaban J connectivity index is 1.80. The van der Waals surface area contributed by atoms with Gasteiger partial charge < -0.3 is 20.1 Å². The quantitative estimate of drug-likeness (QED) is 0.543. The SMILES string of the molecule is COC1CCN(c2nc3c([C@@H](C)Nc4ccccc4C(=O)O)cc(C)cn3c(=O)c2C)CC1(F)F. The minimum absolute atomic E-state index is 0.106. The minimum atomic E-state index is -3.09. The van der Waals surface area contributed by atoms with Crippen molar-refractivity contribution in [1.29, 1.82) is 0 Å². The second-order valence-corrected chi connectivity index (χ2v) is 8.94. The van der Waals surface area contributed by atoms with Gasteiger partial charge in [0.1, 0.15) is 17.6 Å². The number of carboxylic acids is 1. The summed E-state index contributed by atoms with van der Waals surface area (Å²) < 4.78 is 35.6. The van der Waals surface area contributed by atoms with Crippen molar-refractivity contribution >= 4 is 23.1 Å². The van der Waals surface area contributed by atoms with E-state index in [0.29, 0.717) is 16.9 Å². The lowest BCUT2D eigenvalue weighted by Crippen LogP contribution is -2.53. The molecule has 4 rings (SSSR count). The molecule has 1 aromatic carbocycles. The lowest BCUT2D eigenvalue weighted by Gasteiger charge is -2.38. The fourth-order valence-corrected chi connectivity index (χ4v) is 4.61. The number of hydrogen-bond donors (Lipinski definition) is 2. The average molecular weight is 487 g/mol. The predicted molar refractivity (Wildman–Crippen MR) is 129 cm³/mol. The molecule has 1 unspecified atom stereocenters. The number of alkyl halides is 2. The van der Waals surface area contributed by atoms with Crippen LogP contribution in [0.1, 0.15) is 46.4 Å². The van der Waals surface area contributed by atoms with Crippen LogP contribution in [0, 0.1) is 13.8 Å². The molecule has 0 spiro atoms. The predicted octanol–water partition coefficient (Wildman–Crippen LogP) is 4.04. The molecule has 0 amide bonds. The molecule has 2 aromatic heterocycles. The summed E-state index contributed by atoms with van der Waals surface area (Å²) in [4.78, 5) is 31.1. The highest BCUT2D eigenvalue weighted by Crippen LogP contribution is 2.33. The van der Waals surface area contributed by atoms with E-state index in [0.717, 1.165) is 5.56 Å². The van der Waals surface area contributed by atoms with Crippen molar-refractivity contribution < 1.29 is 23.4 Å². The summed E-state index contributed by atoms with van der Waals surface area (Å²) in [7, 11) is 1.27. The Morgan fingerprint density at radius 1 is 1.31 bits per heavy atom. The number of methoxy groups -OCH3 is 1. The molecule has 1 fully saturated rings. The molecule has 3 aromatic rings. The van der Waals surface area contributed by atoms with Crippen LogP contribution >= 0.6 is 0 Å². The van der Waals surface area contributed by atoms with Gasteiger partial charge >= 0.3 is 5.97 Å². The Morgan fingerprint density at radius 3 is 2.69 bits per heavy atom. The number of nitrogens with zero attached hydrogens (tertiary/aromatic N) is 3. The largest absolute Gasteiger partial charge is 0.478 e. The summed E-state index contributed by atoms with van der Waals surface area (Å²) >= 11 is 0. The number of anilines is 2. The molecule has 0 saturated carbocycles. The number of carbonyl (C=O) groups is 1. The summed E-state index contributed by atoms with van der Waals surface area (Å²) in [5, 5.41) is 12.7. The van der Waals surface area contributed by atoms with Crippen molar-refractivity contribution in [3.05, 3.63) is 69.1 Å². The standard InChI is InChI=1S/C25H28F2N4O4/c1-14-11-18(16(3)28-19-8-6-5-7-17(19)24(33)34)22-29-21(15(2)23(32)31(22)12-14)30-10-9-20(35-4)25(26,27)13-30/h5-8,11-12,16,20,28H,9-10,13H2,1-4H3,(H,33,34)/t16-,20?/m1/s1. The van der Waals surface area contributed by atoms with E-state index in [1.807, 2.05) is 19.9 Å². The van der Waals surface area contributed by atoms with Gasteiger partial charge in [0.15, 0.2) is 0 Å². The molecule has 1 aliphatic rings. The summed E-state index contributed by atoms with van der Waals surface area (Å²) in [5.74, 6) is -3.94. The van der Waals surface area contributed by atoms with Crippen LogP contribution < -0.4 is 15.8 Å². The third kappa shape index (κ3) is 4.58. The topological polar surface area (TPSA) is 96.2 Å². The second kappa shape index (κ2) is 9.26. The van der Waals surface area contributed by atoms with Gasteiger partial charge in [-0.05, 0) is 51.0 Å². The Bertz CT molecular complexity index is 1340. The third-order valence-corrected chi connectivity index (χ3v) is 6.40. The summed E-state index contributed by atoms with van der Waals surface area (Å²) in [6.07, 6.45) is 0.584. The molecule has 0 aliphatic carbocycles. The highest BCUT2D eigenvalue weighted by Gasteiger charge is 2.45. The van der Waals surface area contributed by atoms with E-state index in [1.165, 1.54) is 22.5 Å². The maximum absolute atomic E-state index is 14.6. The van der Waals surface area contributed by atoms with Crippen LogP contribution in [0.25, 0.3) is 5.65 Å². The first kappa shape index (κ1) is 24.6. The molecule has 0 bridgehead atoms. The van der Waals surface area contributed by atoms with Gasteiger partial charge in [-0.2, -0.15) is 0 Å². The Kier molecular flexibility index (Phi) is 6.50. The third-order valence-electron chi connectivity index (χ3n) is 6.40. The van der Waals surface area contributed by atoms with Crippen LogP contribution in [0.15, 0.2) is 41.3 Å². The van der Waals surface area contributed by atoms with Crippen molar-refractivity contribution in [1.82, 2.24) is 9.38 Å². The zero-order valence-electron chi connectivity index (χ0n) is 20.0. The normalized spacial score (nSPS) is 18.5. The highest BCUT2D eigenvalue weighted by atomic mass is 19.3. The Hall–Kier alpha value is -3.53. The summed E-state index contributed by atoms with van der Waals surface area (Å²) in [5.41, 5.74) is 2.24. The number of halogens is 2. The number of benzene rings is 1. The fraction of sp³-hybridized carbons (Fsp3) is 0.400. The van der Waals surface area contributed by atoms with E-state index in [1.54, 1.807) is 31.3 Å². The van der Waals surface area contributed by atoms with Crippen molar-refractivity contribution in [3.8, 4) is 0 Å². The number of aromatic nitrogens is 2. The summed E-state index contributed by atoms with van der Waals surface area (Å²) in [6, 6.07) is 7.94. The molecule has 1 aliphatic heterocycles. The van der Waals surface area contributed by atoms with Gasteiger partial charge in [-0.3, -0.25) is 9.20 Å². The number of fused-ring (bicyclic) bond motifs is 1.